The maximum atomic E-state index is 4.21. The smallest absolute Gasteiger partial charge is 0.108 e. The highest BCUT2D eigenvalue weighted by Gasteiger charge is 2.01. The normalized spacial score (nSPS) is 12.0. The lowest BCUT2D eigenvalue weighted by Gasteiger charge is -1.97. The van der Waals surface area contributed by atoms with E-state index in [1.165, 1.54) is 4.88 Å². The average molecular weight is 297 g/mol. The summed E-state index contributed by atoms with van der Waals surface area (Å²) in [6.07, 6.45) is 0. The van der Waals surface area contributed by atoms with Gasteiger partial charge in [-0.25, -0.2) is 0 Å². The molecule has 60 valence electrons. The Morgan fingerprint density at radius 3 is 3.09 bits per heavy atom. The van der Waals surface area contributed by atoms with E-state index in [1.54, 1.807) is 23.1 Å². The second kappa shape index (κ2) is 5.16. The molecule has 0 saturated heterocycles. The molecule has 1 heterocycles. The van der Waals surface area contributed by atoms with Gasteiger partial charge in [-0.05, 0) is 11.4 Å². The summed E-state index contributed by atoms with van der Waals surface area (Å²) < 4.78 is 1.06. The minimum Gasteiger partial charge on any atom is -0.280 e. The van der Waals surface area contributed by atoms with Crippen LogP contribution in [0.15, 0.2) is 22.5 Å². The van der Waals surface area contributed by atoms with E-state index in [0.717, 1.165) is 8.80 Å². The Labute approximate surface area is 88.4 Å². The van der Waals surface area contributed by atoms with Crippen LogP contribution in [0.3, 0.4) is 0 Å². The molecule has 0 aliphatic heterocycles. The number of alkyl halides is 1. The molecule has 0 aliphatic carbocycles. The topological polar surface area (TPSA) is 12.4 Å². The molecule has 0 atom stereocenters. The molecule has 0 amide bonds. The van der Waals surface area contributed by atoms with Crippen molar-refractivity contribution < 1.29 is 0 Å². The highest BCUT2D eigenvalue weighted by Crippen LogP contribution is 2.19. The summed E-state index contributed by atoms with van der Waals surface area (Å²) >= 11 is 5.86. The molecule has 0 spiro atoms. The second-order valence-electron chi connectivity index (χ2n) is 1.76. The molecule has 4 heteroatoms. The Morgan fingerprint density at radius 1 is 1.82 bits per heavy atom. The van der Waals surface area contributed by atoms with Crippen LogP contribution in [0, 0.1) is 0 Å². The summed E-state index contributed by atoms with van der Waals surface area (Å²) in [6.45, 7) is 0. The molecule has 0 radical (unpaired) electrons. The lowest BCUT2D eigenvalue weighted by atomic mass is 10.5. The zero-order valence-electron chi connectivity index (χ0n) is 6.08. The molecule has 0 aliphatic rings. The first-order valence-electron chi connectivity index (χ1n) is 3.08. The van der Waals surface area contributed by atoms with E-state index in [4.69, 9.17) is 0 Å². The highest BCUT2D eigenvalue weighted by atomic mass is 127. The van der Waals surface area contributed by atoms with E-state index in [9.17, 15) is 0 Å². The molecular weight excluding hydrogens is 289 g/mol. The number of halogens is 1. The maximum Gasteiger partial charge on any atom is 0.108 e. The van der Waals surface area contributed by atoms with Gasteiger partial charge >= 0.3 is 0 Å². The van der Waals surface area contributed by atoms with Crippen LogP contribution in [0.5, 0.6) is 0 Å². The highest BCUT2D eigenvalue weighted by molar-refractivity contribution is 14.1. The second-order valence-corrected chi connectivity index (χ2v) is 5.47. The zero-order valence-corrected chi connectivity index (χ0v) is 9.87. The number of rotatable bonds is 2. The number of hydrogen-bond acceptors (Lipinski definition) is 3. The van der Waals surface area contributed by atoms with E-state index in [2.05, 4.69) is 45.1 Å². The van der Waals surface area contributed by atoms with Crippen molar-refractivity contribution >= 4 is 50.7 Å². The first kappa shape index (κ1) is 9.54. The molecule has 1 nitrogen and oxygen atoms in total. The van der Waals surface area contributed by atoms with Crippen LogP contribution in [0.1, 0.15) is 4.88 Å². The van der Waals surface area contributed by atoms with Gasteiger partial charge in [-0.15, -0.1) is 11.3 Å². The SMILES string of the molecule is C/N=C(\SCI)c1cccs1. The Bertz CT molecular complexity index is 231. The minimum atomic E-state index is 1.06. The van der Waals surface area contributed by atoms with Crippen LogP contribution in [0.2, 0.25) is 0 Å². The van der Waals surface area contributed by atoms with Crippen LogP contribution in [-0.4, -0.2) is 15.9 Å². The fraction of sp³-hybridized carbons (Fsp3) is 0.286. The van der Waals surface area contributed by atoms with Crippen molar-refractivity contribution in [2.24, 2.45) is 4.99 Å². The summed E-state index contributed by atoms with van der Waals surface area (Å²) in [5.74, 6) is 0. The number of thioether (sulfide) groups is 1. The molecule has 11 heavy (non-hydrogen) atoms. The quantitative estimate of drug-likeness (QED) is 0.353. The van der Waals surface area contributed by atoms with Crippen molar-refractivity contribution in [3.05, 3.63) is 22.4 Å². The van der Waals surface area contributed by atoms with Gasteiger partial charge in [0.15, 0.2) is 0 Å². The third kappa shape index (κ3) is 2.76. The Kier molecular flexibility index (Phi) is 4.47. The van der Waals surface area contributed by atoms with Crippen LogP contribution in [0.25, 0.3) is 0 Å². The van der Waals surface area contributed by atoms with Crippen molar-refractivity contribution in [2.75, 3.05) is 10.8 Å². The number of hydrogen-bond donors (Lipinski definition) is 0. The van der Waals surface area contributed by atoms with Crippen molar-refractivity contribution in [1.29, 1.82) is 0 Å². The summed E-state index contributed by atoms with van der Waals surface area (Å²) in [4.78, 5) is 5.48. The first-order valence-corrected chi connectivity index (χ1v) is 6.47. The predicted molar refractivity (Wildman–Crippen MR) is 63.3 cm³/mol. The molecule has 1 rings (SSSR count). The Balaban J connectivity index is 2.72. The Morgan fingerprint density at radius 2 is 2.64 bits per heavy atom. The van der Waals surface area contributed by atoms with E-state index in [1.807, 2.05) is 7.05 Å². The van der Waals surface area contributed by atoms with Gasteiger partial charge in [0.05, 0.1) is 8.64 Å². The molecule has 1 aromatic heterocycles. The molecule has 0 fully saturated rings. The predicted octanol–water partition coefficient (Wildman–Crippen LogP) is 3.25. The fourth-order valence-electron chi connectivity index (χ4n) is 0.698. The molecule has 1 aromatic rings. The van der Waals surface area contributed by atoms with Crippen molar-refractivity contribution in [1.82, 2.24) is 0 Å². The lowest BCUT2D eigenvalue weighted by Crippen LogP contribution is -1.90. The van der Waals surface area contributed by atoms with Gasteiger partial charge in [0.1, 0.15) is 5.04 Å². The molecule has 0 aromatic carbocycles. The third-order valence-electron chi connectivity index (χ3n) is 1.13. The Hall–Kier alpha value is 0.450. The van der Waals surface area contributed by atoms with Gasteiger partial charge in [0.25, 0.3) is 0 Å². The van der Waals surface area contributed by atoms with Crippen molar-refractivity contribution in [2.45, 2.75) is 0 Å². The van der Waals surface area contributed by atoms with E-state index in [0.29, 0.717) is 0 Å². The van der Waals surface area contributed by atoms with Crippen LogP contribution in [-0.2, 0) is 0 Å². The summed E-state index contributed by atoms with van der Waals surface area (Å²) in [5.41, 5.74) is 0. The van der Waals surface area contributed by atoms with Gasteiger partial charge < -0.3 is 0 Å². The van der Waals surface area contributed by atoms with Crippen LogP contribution < -0.4 is 0 Å². The number of aliphatic imine (C=N–C) groups is 1. The largest absolute Gasteiger partial charge is 0.280 e. The number of nitrogens with zero attached hydrogens (tertiary/aromatic N) is 1. The van der Waals surface area contributed by atoms with Crippen LogP contribution >= 0.6 is 45.7 Å². The minimum absolute atomic E-state index is 1.06. The van der Waals surface area contributed by atoms with E-state index in [-0.39, 0.29) is 0 Å². The average Bonchev–Trinajstić information content (AvgIpc) is 2.52. The van der Waals surface area contributed by atoms with Gasteiger partial charge in [0, 0.05) is 7.05 Å². The molecule has 0 bridgehead atoms. The van der Waals surface area contributed by atoms with Gasteiger partial charge in [0.2, 0.25) is 0 Å². The molecular formula is C7H8INS2. The van der Waals surface area contributed by atoms with E-state index < -0.39 is 0 Å². The first-order chi connectivity index (χ1) is 5.38. The monoisotopic (exact) mass is 297 g/mol. The molecule has 0 N–H and O–H groups in total. The van der Waals surface area contributed by atoms with Crippen molar-refractivity contribution in [3.63, 3.8) is 0 Å². The summed E-state index contributed by atoms with van der Waals surface area (Å²) in [6, 6.07) is 4.16. The summed E-state index contributed by atoms with van der Waals surface area (Å²) in [7, 11) is 1.84. The van der Waals surface area contributed by atoms with Crippen LogP contribution in [0.4, 0.5) is 0 Å². The summed E-state index contributed by atoms with van der Waals surface area (Å²) in [5, 5.41) is 3.23. The third-order valence-corrected chi connectivity index (χ3v) is 3.85. The molecule has 0 saturated carbocycles. The lowest BCUT2D eigenvalue weighted by molar-refractivity contribution is 1.47. The molecule has 0 unspecified atom stereocenters. The zero-order chi connectivity index (χ0) is 8.10. The van der Waals surface area contributed by atoms with Gasteiger partial charge in [-0.3, -0.25) is 4.99 Å². The fourth-order valence-corrected chi connectivity index (χ4v) is 3.00. The number of thiophene rings is 1. The van der Waals surface area contributed by atoms with Gasteiger partial charge in [-0.1, -0.05) is 40.4 Å². The van der Waals surface area contributed by atoms with Crippen molar-refractivity contribution in [3.8, 4) is 0 Å². The standard InChI is InChI=1S/C7H8INS2/c1-9-7(11-5-8)6-3-2-4-10-6/h2-4H,5H2,1H3/b9-7-. The van der Waals surface area contributed by atoms with E-state index >= 15 is 0 Å². The van der Waals surface area contributed by atoms with Gasteiger partial charge in [-0.2, -0.15) is 0 Å². The maximum absolute atomic E-state index is 4.21.